The molecule has 4 atom stereocenters. The maximum atomic E-state index is 13.6. The van der Waals surface area contributed by atoms with Crippen molar-refractivity contribution in [2.45, 2.75) is 59.0 Å². The Bertz CT molecular complexity index is 474. The molecule has 3 heteroatoms. The van der Waals surface area contributed by atoms with Crippen LogP contribution in [0.5, 0.6) is 0 Å². The highest BCUT2D eigenvalue weighted by Gasteiger charge is 2.31. The normalized spacial score (nSPS) is 27.9. The fraction of sp³-hybridized carbons (Fsp3) is 0.667. The Hall–Kier alpha value is -0.600. The van der Waals surface area contributed by atoms with Gasteiger partial charge in [0, 0.05) is 12.1 Å². The molecular formula is C18H27ClFN. The van der Waals surface area contributed by atoms with Crippen LogP contribution in [-0.2, 0) is 0 Å². The molecule has 1 aliphatic rings. The van der Waals surface area contributed by atoms with Crippen LogP contribution in [0.25, 0.3) is 0 Å². The van der Waals surface area contributed by atoms with E-state index in [1.54, 1.807) is 12.1 Å². The summed E-state index contributed by atoms with van der Waals surface area (Å²) in [5, 5.41) is 3.93. The summed E-state index contributed by atoms with van der Waals surface area (Å²) < 4.78 is 13.6. The fourth-order valence-electron chi connectivity index (χ4n) is 3.59. The third kappa shape index (κ3) is 4.20. The average Bonchev–Trinajstić information content (AvgIpc) is 2.41. The van der Waals surface area contributed by atoms with Crippen LogP contribution in [-0.4, -0.2) is 6.04 Å². The van der Waals surface area contributed by atoms with Crippen LogP contribution in [0, 0.1) is 23.6 Å². The summed E-state index contributed by atoms with van der Waals surface area (Å²) in [7, 11) is 0. The standard InChI is InChI=1S/C18H27ClFN/c1-11(2)15-7-5-12(3)9-18(15)21-13(4)14-6-8-16(19)17(20)10-14/h6,8,10-13,15,18,21H,5,7,9H2,1-4H3. The van der Waals surface area contributed by atoms with Gasteiger partial charge in [-0.15, -0.1) is 0 Å². The monoisotopic (exact) mass is 311 g/mol. The minimum atomic E-state index is -0.333. The summed E-state index contributed by atoms with van der Waals surface area (Å²) in [5.41, 5.74) is 0.970. The Balaban J connectivity index is 2.08. The first kappa shape index (κ1) is 16.8. The molecule has 1 aromatic rings. The number of hydrogen-bond donors (Lipinski definition) is 1. The number of nitrogens with one attached hydrogen (secondary N) is 1. The molecule has 1 aliphatic carbocycles. The predicted molar refractivity (Wildman–Crippen MR) is 88.1 cm³/mol. The van der Waals surface area contributed by atoms with Gasteiger partial charge in [0.15, 0.2) is 0 Å². The van der Waals surface area contributed by atoms with E-state index in [1.165, 1.54) is 19.3 Å². The van der Waals surface area contributed by atoms with E-state index in [0.29, 0.717) is 17.9 Å². The molecule has 4 unspecified atom stereocenters. The van der Waals surface area contributed by atoms with E-state index in [4.69, 9.17) is 11.6 Å². The van der Waals surface area contributed by atoms with Crippen LogP contribution in [0.2, 0.25) is 5.02 Å². The molecule has 0 aliphatic heterocycles. The van der Waals surface area contributed by atoms with E-state index < -0.39 is 0 Å². The molecule has 1 saturated carbocycles. The van der Waals surface area contributed by atoms with E-state index in [0.717, 1.165) is 11.5 Å². The van der Waals surface area contributed by atoms with Gasteiger partial charge in [0.05, 0.1) is 5.02 Å². The lowest BCUT2D eigenvalue weighted by atomic mass is 9.73. The van der Waals surface area contributed by atoms with Gasteiger partial charge in [0.2, 0.25) is 0 Å². The van der Waals surface area contributed by atoms with Gasteiger partial charge in [-0.3, -0.25) is 0 Å². The molecule has 1 nitrogen and oxygen atoms in total. The van der Waals surface area contributed by atoms with Crippen LogP contribution >= 0.6 is 11.6 Å². The SMILES string of the molecule is CC1CCC(C(C)C)C(NC(C)c2ccc(Cl)c(F)c2)C1. The van der Waals surface area contributed by atoms with Crippen LogP contribution < -0.4 is 5.32 Å². The van der Waals surface area contributed by atoms with E-state index in [9.17, 15) is 4.39 Å². The maximum Gasteiger partial charge on any atom is 0.142 e. The average molecular weight is 312 g/mol. The van der Waals surface area contributed by atoms with Gasteiger partial charge in [-0.2, -0.15) is 0 Å². The topological polar surface area (TPSA) is 12.0 Å². The van der Waals surface area contributed by atoms with Crippen molar-refractivity contribution in [3.8, 4) is 0 Å². The van der Waals surface area contributed by atoms with Crippen LogP contribution in [0.15, 0.2) is 18.2 Å². The van der Waals surface area contributed by atoms with E-state index >= 15 is 0 Å². The van der Waals surface area contributed by atoms with Crippen LogP contribution in [0.3, 0.4) is 0 Å². The minimum absolute atomic E-state index is 0.147. The lowest BCUT2D eigenvalue weighted by Gasteiger charge is -2.39. The molecular weight excluding hydrogens is 285 g/mol. The van der Waals surface area contributed by atoms with Crippen molar-refractivity contribution in [3.05, 3.63) is 34.6 Å². The zero-order valence-electron chi connectivity index (χ0n) is 13.5. The van der Waals surface area contributed by atoms with Crippen molar-refractivity contribution in [2.24, 2.45) is 17.8 Å². The second-order valence-corrected chi connectivity index (χ2v) is 7.40. The summed E-state index contributed by atoms with van der Waals surface area (Å²) in [4.78, 5) is 0. The molecule has 1 aromatic carbocycles. The molecule has 0 aromatic heterocycles. The lowest BCUT2D eigenvalue weighted by Crippen LogP contribution is -2.43. The predicted octanol–water partition coefficient (Wildman–Crippen LogP) is 5.59. The summed E-state index contributed by atoms with van der Waals surface area (Å²) in [6.45, 7) is 9.06. The highest BCUT2D eigenvalue weighted by atomic mass is 35.5. The summed E-state index contributed by atoms with van der Waals surface area (Å²) in [6, 6.07) is 5.78. The zero-order valence-corrected chi connectivity index (χ0v) is 14.3. The number of benzene rings is 1. The van der Waals surface area contributed by atoms with Gasteiger partial charge in [0.1, 0.15) is 5.82 Å². The van der Waals surface area contributed by atoms with Gasteiger partial charge < -0.3 is 5.32 Å². The maximum absolute atomic E-state index is 13.6. The first-order valence-corrected chi connectivity index (χ1v) is 8.47. The Morgan fingerprint density at radius 2 is 1.95 bits per heavy atom. The van der Waals surface area contributed by atoms with Crippen molar-refractivity contribution >= 4 is 11.6 Å². The molecule has 0 saturated heterocycles. The molecule has 0 spiro atoms. The molecule has 2 rings (SSSR count). The second-order valence-electron chi connectivity index (χ2n) is 6.99. The molecule has 1 fully saturated rings. The van der Waals surface area contributed by atoms with E-state index in [-0.39, 0.29) is 16.9 Å². The Labute approximate surface area is 133 Å². The summed E-state index contributed by atoms with van der Waals surface area (Å²) in [5.74, 6) is 1.83. The molecule has 0 bridgehead atoms. The largest absolute Gasteiger partial charge is 0.307 e. The molecule has 21 heavy (non-hydrogen) atoms. The zero-order chi connectivity index (χ0) is 15.6. The van der Waals surface area contributed by atoms with Gasteiger partial charge in [-0.1, -0.05) is 44.9 Å². The number of rotatable bonds is 4. The molecule has 0 heterocycles. The highest BCUT2D eigenvalue weighted by molar-refractivity contribution is 6.30. The van der Waals surface area contributed by atoms with Crippen molar-refractivity contribution in [1.82, 2.24) is 5.32 Å². The van der Waals surface area contributed by atoms with Crippen molar-refractivity contribution in [1.29, 1.82) is 0 Å². The highest BCUT2D eigenvalue weighted by Crippen LogP contribution is 2.34. The first-order valence-electron chi connectivity index (χ1n) is 8.09. The van der Waals surface area contributed by atoms with E-state index in [2.05, 4.69) is 33.0 Å². The molecule has 0 radical (unpaired) electrons. The van der Waals surface area contributed by atoms with Crippen LogP contribution in [0.1, 0.15) is 58.6 Å². The van der Waals surface area contributed by atoms with Crippen molar-refractivity contribution < 1.29 is 4.39 Å². The second kappa shape index (κ2) is 7.11. The van der Waals surface area contributed by atoms with Gasteiger partial charge in [-0.05, 0) is 55.2 Å². The smallest absolute Gasteiger partial charge is 0.142 e. The Morgan fingerprint density at radius 3 is 2.57 bits per heavy atom. The third-order valence-corrected chi connectivity index (χ3v) is 5.24. The lowest BCUT2D eigenvalue weighted by molar-refractivity contribution is 0.161. The first-order chi connectivity index (χ1) is 9.88. The van der Waals surface area contributed by atoms with Crippen molar-refractivity contribution in [2.75, 3.05) is 0 Å². The van der Waals surface area contributed by atoms with Crippen molar-refractivity contribution in [3.63, 3.8) is 0 Å². The molecule has 1 N–H and O–H groups in total. The Kier molecular flexibility index (Phi) is 5.67. The summed E-state index contributed by atoms with van der Waals surface area (Å²) in [6.07, 6.45) is 3.83. The molecule has 0 amide bonds. The van der Waals surface area contributed by atoms with Gasteiger partial charge >= 0.3 is 0 Å². The van der Waals surface area contributed by atoms with Gasteiger partial charge in [-0.25, -0.2) is 4.39 Å². The van der Waals surface area contributed by atoms with Gasteiger partial charge in [0.25, 0.3) is 0 Å². The number of hydrogen-bond acceptors (Lipinski definition) is 1. The quantitative estimate of drug-likeness (QED) is 0.764. The number of halogens is 2. The Morgan fingerprint density at radius 1 is 1.24 bits per heavy atom. The van der Waals surface area contributed by atoms with Crippen LogP contribution in [0.4, 0.5) is 4.39 Å². The van der Waals surface area contributed by atoms with E-state index in [1.807, 2.05) is 6.07 Å². The third-order valence-electron chi connectivity index (χ3n) is 4.93. The fourth-order valence-corrected chi connectivity index (χ4v) is 3.71. The molecule has 118 valence electrons. The minimum Gasteiger partial charge on any atom is -0.307 e. The summed E-state index contributed by atoms with van der Waals surface area (Å²) >= 11 is 5.77.